The van der Waals surface area contributed by atoms with E-state index in [-0.39, 0.29) is 0 Å². The van der Waals surface area contributed by atoms with Crippen molar-refractivity contribution in [2.75, 3.05) is 24.6 Å². The van der Waals surface area contributed by atoms with E-state index in [0.29, 0.717) is 0 Å². The molecule has 2 rings (SSSR count). The van der Waals surface area contributed by atoms with Crippen molar-refractivity contribution in [3.05, 3.63) is 0 Å². The molecule has 2 fully saturated rings. The number of hydrogen-bond acceptors (Lipinski definition) is 3. The van der Waals surface area contributed by atoms with Crippen LogP contribution in [0.3, 0.4) is 0 Å². The highest BCUT2D eigenvalue weighted by Gasteiger charge is 2.36. The van der Waals surface area contributed by atoms with Gasteiger partial charge in [0, 0.05) is 30.4 Å². The molecule has 2 aliphatic heterocycles. The average Bonchev–Trinajstić information content (AvgIpc) is 2.79. The molecule has 0 saturated carbocycles. The Bertz CT molecular complexity index is 216. The van der Waals surface area contributed by atoms with Crippen LogP contribution >= 0.6 is 11.8 Å². The standard InChI is InChI=1S/C13H26N2S/c1-4-14-13-5-7-15(11(3)10(13)2)12-6-8-16-9-12/h10-14H,4-9H2,1-3H3. The van der Waals surface area contributed by atoms with Gasteiger partial charge < -0.3 is 5.32 Å². The second-order valence-corrected chi connectivity index (χ2v) is 6.46. The molecule has 2 heterocycles. The number of rotatable bonds is 3. The summed E-state index contributed by atoms with van der Waals surface area (Å²) >= 11 is 2.13. The first kappa shape index (κ1) is 12.7. The molecule has 0 aliphatic carbocycles. The van der Waals surface area contributed by atoms with Crippen molar-refractivity contribution in [1.82, 2.24) is 10.2 Å². The van der Waals surface area contributed by atoms with Crippen molar-refractivity contribution < 1.29 is 0 Å². The maximum absolute atomic E-state index is 3.64. The zero-order chi connectivity index (χ0) is 11.5. The molecule has 94 valence electrons. The Morgan fingerprint density at radius 1 is 1.31 bits per heavy atom. The Morgan fingerprint density at radius 2 is 2.12 bits per heavy atom. The highest BCUT2D eigenvalue weighted by molar-refractivity contribution is 7.99. The molecule has 3 heteroatoms. The quantitative estimate of drug-likeness (QED) is 0.817. The van der Waals surface area contributed by atoms with Crippen molar-refractivity contribution >= 4 is 11.8 Å². The minimum atomic E-state index is 0.741. The fraction of sp³-hybridized carbons (Fsp3) is 1.00. The molecule has 0 radical (unpaired) electrons. The largest absolute Gasteiger partial charge is 0.314 e. The molecule has 2 saturated heterocycles. The normalized spacial score (nSPS) is 41.4. The molecular weight excluding hydrogens is 216 g/mol. The first-order valence-corrected chi connectivity index (χ1v) is 7.96. The molecule has 2 nitrogen and oxygen atoms in total. The Balaban J connectivity index is 1.93. The minimum Gasteiger partial charge on any atom is -0.314 e. The molecule has 0 aromatic heterocycles. The minimum absolute atomic E-state index is 0.741. The van der Waals surface area contributed by atoms with Crippen molar-refractivity contribution in [1.29, 1.82) is 0 Å². The van der Waals surface area contributed by atoms with Gasteiger partial charge in [0.1, 0.15) is 0 Å². The predicted octanol–water partition coefficient (Wildman–Crippen LogP) is 2.20. The first-order chi connectivity index (χ1) is 7.74. The zero-order valence-electron chi connectivity index (χ0n) is 10.9. The molecule has 0 aromatic carbocycles. The number of hydrogen-bond donors (Lipinski definition) is 1. The van der Waals surface area contributed by atoms with Crippen LogP contribution in [-0.2, 0) is 0 Å². The first-order valence-electron chi connectivity index (χ1n) is 6.81. The molecule has 0 bridgehead atoms. The van der Waals surface area contributed by atoms with Crippen LogP contribution < -0.4 is 5.32 Å². The van der Waals surface area contributed by atoms with Crippen LogP contribution in [-0.4, -0.2) is 47.6 Å². The molecule has 4 atom stereocenters. The highest BCUT2D eigenvalue weighted by Crippen LogP contribution is 2.30. The van der Waals surface area contributed by atoms with E-state index in [9.17, 15) is 0 Å². The van der Waals surface area contributed by atoms with Crippen molar-refractivity contribution in [3.63, 3.8) is 0 Å². The lowest BCUT2D eigenvalue weighted by Crippen LogP contribution is -2.56. The monoisotopic (exact) mass is 242 g/mol. The summed E-state index contributed by atoms with van der Waals surface area (Å²) < 4.78 is 0. The van der Waals surface area contributed by atoms with Crippen LogP contribution in [0.25, 0.3) is 0 Å². The van der Waals surface area contributed by atoms with Crippen LogP contribution in [0.15, 0.2) is 0 Å². The van der Waals surface area contributed by atoms with Crippen molar-refractivity contribution in [2.24, 2.45) is 5.92 Å². The summed E-state index contributed by atoms with van der Waals surface area (Å²) in [6.45, 7) is 9.48. The SMILES string of the molecule is CCNC1CCN(C2CCSC2)C(C)C1C. The van der Waals surface area contributed by atoms with Crippen LogP contribution in [0.2, 0.25) is 0 Å². The molecule has 2 aliphatic rings. The zero-order valence-corrected chi connectivity index (χ0v) is 11.7. The Kier molecular flexibility index (Phi) is 4.57. The topological polar surface area (TPSA) is 15.3 Å². The van der Waals surface area contributed by atoms with Gasteiger partial charge >= 0.3 is 0 Å². The average molecular weight is 242 g/mol. The van der Waals surface area contributed by atoms with Gasteiger partial charge in [-0.25, -0.2) is 0 Å². The van der Waals surface area contributed by atoms with Gasteiger partial charge in [0.2, 0.25) is 0 Å². The number of piperidine rings is 1. The van der Waals surface area contributed by atoms with Gasteiger partial charge in [-0.05, 0) is 38.0 Å². The van der Waals surface area contributed by atoms with Gasteiger partial charge in [0.05, 0.1) is 0 Å². The molecule has 4 unspecified atom stereocenters. The van der Waals surface area contributed by atoms with Gasteiger partial charge in [0.15, 0.2) is 0 Å². The van der Waals surface area contributed by atoms with Crippen molar-refractivity contribution in [3.8, 4) is 0 Å². The summed E-state index contributed by atoms with van der Waals surface area (Å²) in [4.78, 5) is 2.78. The summed E-state index contributed by atoms with van der Waals surface area (Å²) in [6, 6.07) is 2.36. The third-order valence-electron chi connectivity index (χ3n) is 4.46. The molecule has 0 aromatic rings. The maximum Gasteiger partial charge on any atom is 0.0197 e. The van der Waals surface area contributed by atoms with Crippen molar-refractivity contribution in [2.45, 2.75) is 51.7 Å². The fourth-order valence-corrected chi connectivity index (χ4v) is 4.48. The summed E-state index contributed by atoms with van der Waals surface area (Å²) in [7, 11) is 0. The molecule has 1 N–H and O–H groups in total. The number of nitrogens with zero attached hydrogens (tertiary/aromatic N) is 1. The smallest absolute Gasteiger partial charge is 0.0197 e. The molecule has 0 amide bonds. The molecule has 0 spiro atoms. The predicted molar refractivity (Wildman–Crippen MR) is 73.1 cm³/mol. The lowest BCUT2D eigenvalue weighted by molar-refractivity contribution is 0.0559. The van der Waals surface area contributed by atoms with E-state index in [4.69, 9.17) is 0 Å². The molecule has 16 heavy (non-hydrogen) atoms. The van der Waals surface area contributed by atoms with Gasteiger partial charge in [-0.1, -0.05) is 13.8 Å². The highest BCUT2D eigenvalue weighted by atomic mass is 32.2. The Labute approximate surface area is 105 Å². The van der Waals surface area contributed by atoms with E-state index < -0.39 is 0 Å². The van der Waals surface area contributed by atoms with E-state index >= 15 is 0 Å². The number of nitrogens with one attached hydrogen (secondary N) is 1. The summed E-state index contributed by atoms with van der Waals surface area (Å²) in [5, 5.41) is 3.64. The van der Waals surface area contributed by atoms with E-state index in [1.165, 1.54) is 30.9 Å². The van der Waals surface area contributed by atoms with E-state index in [1.54, 1.807) is 0 Å². The van der Waals surface area contributed by atoms with Gasteiger partial charge in [-0.15, -0.1) is 0 Å². The Morgan fingerprint density at radius 3 is 2.75 bits per heavy atom. The van der Waals surface area contributed by atoms with Gasteiger partial charge in [-0.3, -0.25) is 4.90 Å². The lowest BCUT2D eigenvalue weighted by Gasteiger charge is -2.45. The third kappa shape index (κ3) is 2.57. The van der Waals surface area contributed by atoms with Gasteiger partial charge in [-0.2, -0.15) is 11.8 Å². The second-order valence-electron chi connectivity index (χ2n) is 5.31. The third-order valence-corrected chi connectivity index (χ3v) is 5.60. The number of likely N-dealkylation sites (tertiary alicyclic amines) is 1. The van der Waals surface area contributed by atoms with Gasteiger partial charge in [0.25, 0.3) is 0 Å². The van der Waals surface area contributed by atoms with Crippen LogP contribution in [0, 0.1) is 5.92 Å². The molecular formula is C13H26N2S. The van der Waals surface area contributed by atoms with E-state index in [1.807, 2.05) is 0 Å². The summed E-state index contributed by atoms with van der Waals surface area (Å²) in [5.41, 5.74) is 0. The van der Waals surface area contributed by atoms with Crippen LogP contribution in [0.4, 0.5) is 0 Å². The summed E-state index contributed by atoms with van der Waals surface area (Å²) in [6.07, 6.45) is 2.74. The van der Waals surface area contributed by atoms with E-state index in [2.05, 4.69) is 42.7 Å². The fourth-order valence-electron chi connectivity index (χ4n) is 3.24. The van der Waals surface area contributed by atoms with E-state index in [0.717, 1.165) is 30.6 Å². The Hall–Kier alpha value is 0.270. The maximum atomic E-state index is 3.64. The van der Waals surface area contributed by atoms with Crippen LogP contribution in [0.5, 0.6) is 0 Å². The number of thioether (sulfide) groups is 1. The summed E-state index contributed by atoms with van der Waals surface area (Å²) in [5.74, 6) is 3.53. The second kappa shape index (κ2) is 5.74. The lowest BCUT2D eigenvalue weighted by atomic mass is 9.86. The van der Waals surface area contributed by atoms with Crippen LogP contribution in [0.1, 0.15) is 33.6 Å².